The highest BCUT2D eigenvalue weighted by Crippen LogP contribution is 2.44. The van der Waals surface area contributed by atoms with Gasteiger partial charge >= 0.3 is 0 Å². The highest BCUT2D eigenvalue weighted by Gasteiger charge is 2.52. The fourth-order valence-electron chi connectivity index (χ4n) is 5.40. The van der Waals surface area contributed by atoms with Crippen LogP contribution >= 0.6 is 0 Å². The lowest BCUT2D eigenvalue weighted by atomic mass is 9.98. The molecular weight excluding hydrogens is 442 g/mol. The Balaban J connectivity index is 1.25. The Morgan fingerprint density at radius 2 is 1.83 bits per heavy atom. The number of hydrogen-bond acceptors (Lipinski definition) is 4. The summed E-state index contributed by atoms with van der Waals surface area (Å²) in [6, 6.07) is 19.2. The van der Waals surface area contributed by atoms with Crippen LogP contribution in [0.3, 0.4) is 0 Å². The number of benzene rings is 3. The molecule has 1 saturated heterocycles. The Morgan fingerprint density at radius 3 is 2.66 bits per heavy atom. The number of rotatable bonds is 7. The van der Waals surface area contributed by atoms with E-state index >= 15 is 0 Å². The first-order chi connectivity index (χ1) is 16.9. The molecule has 0 bridgehead atoms. The number of methoxy groups -OCH3 is 1. The van der Waals surface area contributed by atoms with E-state index in [0.717, 1.165) is 22.1 Å². The summed E-state index contributed by atoms with van der Waals surface area (Å²) >= 11 is 0. The highest BCUT2D eigenvalue weighted by molar-refractivity contribution is 6.10. The molecule has 35 heavy (non-hydrogen) atoms. The third kappa shape index (κ3) is 3.91. The quantitative estimate of drug-likeness (QED) is 0.559. The van der Waals surface area contributed by atoms with Crippen LogP contribution < -0.4 is 15.0 Å². The zero-order chi connectivity index (χ0) is 24.6. The van der Waals surface area contributed by atoms with E-state index in [4.69, 9.17) is 4.74 Å². The number of nitrogens with one attached hydrogen (secondary N) is 1. The van der Waals surface area contributed by atoms with Gasteiger partial charge in [0.15, 0.2) is 0 Å². The van der Waals surface area contributed by atoms with Crippen molar-refractivity contribution >= 4 is 34.2 Å². The molecule has 0 saturated carbocycles. The summed E-state index contributed by atoms with van der Waals surface area (Å²) < 4.78 is 5.52. The highest BCUT2D eigenvalue weighted by atomic mass is 16.5. The first-order valence-electron chi connectivity index (χ1n) is 12.0. The van der Waals surface area contributed by atoms with Gasteiger partial charge in [0.25, 0.3) is 5.91 Å². The molecule has 0 aromatic heterocycles. The van der Waals surface area contributed by atoms with Crippen LogP contribution in [0.4, 0.5) is 5.69 Å². The number of ether oxygens (including phenoxy) is 1. The van der Waals surface area contributed by atoms with Crippen molar-refractivity contribution < 1.29 is 19.1 Å². The molecule has 0 spiro atoms. The molecule has 1 N–H and O–H groups in total. The number of nitrogens with zero attached hydrogens (tertiary/aromatic N) is 2. The molecule has 2 heterocycles. The minimum atomic E-state index is -0.699. The van der Waals surface area contributed by atoms with Gasteiger partial charge in [-0.2, -0.15) is 0 Å². The average molecular weight is 472 g/mol. The Bertz CT molecular complexity index is 1320. The van der Waals surface area contributed by atoms with Gasteiger partial charge < -0.3 is 15.0 Å². The third-order valence-electron chi connectivity index (χ3n) is 7.21. The van der Waals surface area contributed by atoms with Gasteiger partial charge in [0, 0.05) is 31.5 Å². The molecule has 0 aliphatic carbocycles. The Hall–Kier alpha value is -3.87. The summed E-state index contributed by atoms with van der Waals surface area (Å²) in [5.74, 6) is 0.587. The maximum Gasteiger partial charge on any atom is 0.257 e. The number of carbonyl (C=O) groups excluding carboxylic acids is 3. The number of para-hydroxylation sites is 1. The second kappa shape index (κ2) is 9.06. The van der Waals surface area contributed by atoms with Crippen LogP contribution in [0.1, 0.15) is 48.5 Å². The first kappa shape index (κ1) is 22.9. The third-order valence-corrected chi connectivity index (χ3v) is 7.21. The molecule has 1 fully saturated rings. The minimum absolute atomic E-state index is 0.0271. The minimum Gasteiger partial charge on any atom is -0.496 e. The number of carbonyl (C=O) groups is 3. The molecule has 3 amide bonds. The van der Waals surface area contributed by atoms with Gasteiger partial charge in [-0.1, -0.05) is 42.5 Å². The van der Waals surface area contributed by atoms with E-state index < -0.39 is 5.66 Å². The normalized spacial score (nSPS) is 19.0. The number of hydrogen-bond donors (Lipinski definition) is 1. The van der Waals surface area contributed by atoms with Crippen LogP contribution in [0.15, 0.2) is 60.7 Å². The van der Waals surface area contributed by atoms with Gasteiger partial charge in [0.1, 0.15) is 11.4 Å². The SMILES string of the molecule is COc1ccc2ccccc2c1CNC(=O)CCCN1C(=O)c2ccccc2N2C(=O)CCC12C. The summed E-state index contributed by atoms with van der Waals surface area (Å²) in [4.78, 5) is 42.3. The lowest BCUT2D eigenvalue weighted by molar-refractivity contribution is -0.121. The van der Waals surface area contributed by atoms with Gasteiger partial charge in [-0.3, -0.25) is 19.3 Å². The molecular formula is C28H29N3O4. The molecule has 1 unspecified atom stereocenters. The van der Waals surface area contributed by atoms with Crippen molar-refractivity contribution in [3.05, 3.63) is 71.8 Å². The molecule has 0 radical (unpaired) electrons. The lowest BCUT2D eigenvalue weighted by Gasteiger charge is -2.48. The lowest BCUT2D eigenvalue weighted by Crippen LogP contribution is -2.62. The predicted molar refractivity (Wildman–Crippen MR) is 134 cm³/mol. The second-order valence-electron chi connectivity index (χ2n) is 9.27. The first-order valence-corrected chi connectivity index (χ1v) is 12.0. The van der Waals surface area contributed by atoms with E-state index in [0.29, 0.717) is 43.6 Å². The molecule has 7 nitrogen and oxygen atoms in total. The molecule has 5 rings (SSSR count). The van der Waals surface area contributed by atoms with Crippen molar-refractivity contribution in [2.45, 2.75) is 44.8 Å². The summed E-state index contributed by atoms with van der Waals surface area (Å²) in [7, 11) is 1.63. The van der Waals surface area contributed by atoms with E-state index in [1.807, 2.05) is 61.5 Å². The van der Waals surface area contributed by atoms with E-state index in [2.05, 4.69) is 5.32 Å². The van der Waals surface area contributed by atoms with Gasteiger partial charge in [0.05, 0.1) is 18.4 Å². The second-order valence-corrected chi connectivity index (χ2v) is 9.27. The number of amides is 3. The number of anilines is 1. The molecule has 7 heteroatoms. The molecule has 1 atom stereocenters. The summed E-state index contributed by atoms with van der Waals surface area (Å²) in [5, 5.41) is 5.14. The Kier molecular flexibility index (Phi) is 5.93. The van der Waals surface area contributed by atoms with Gasteiger partial charge in [-0.25, -0.2) is 0 Å². The zero-order valence-electron chi connectivity index (χ0n) is 20.0. The number of fused-ring (bicyclic) bond motifs is 4. The maximum atomic E-state index is 13.3. The van der Waals surface area contributed by atoms with Crippen molar-refractivity contribution in [2.24, 2.45) is 0 Å². The molecule has 3 aromatic carbocycles. The van der Waals surface area contributed by atoms with Crippen molar-refractivity contribution in [3.63, 3.8) is 0 Å². The standard InChI is InChI=1S/C28H29N3O4/c1-28-16-15-26(33)31(28)23-11-6-5-10-21(23)27(34)30(28)17-7-12-25(32)29-18-22-20-9-4-3-8-19(20)13-14-24(22)35-2/h3-6,8-11,13-14H,7,12,15-18H2,1-2H3,(H,29,32). The topological polar surface area (TPSA) is 79.0 Å². The zero-order valence-corrected chi connectivity index (χ0v) is 20.0. The van der Waals surface area contributed by atoms with Crippen molar-refractivity contribution in [1.82, 2.24) is 10.2 Å². The monoisotopic (exact) mass is 471 g/mol. The Morgan fingerprint density at radius 1 is 1.06 bits per heavy atom. The predicted octanol–water partition coefficient (Wildman–Crippen LogP) is 4.24. The summed E-state index contributed by atoms with van der Waals surface area (Å²) in [5.41, 5.74) is 1.46. The van der Waals surface area contributed by atoms with E-state index in [-0.39, 0.29) is 24.1 Å². The van der Waals surface area contributed by atoms with Crippen molar-refractivity contribution in [2.75, 3.05) is 18.6 Å². The molecule has 2 aliphatic rings. The average Bonchev–Trinajstić information content (AvgIpc) is 3.19. The maximum absolute atomic E-state index is 13.3. The summed E-state index contributed by atoms with van der Waals surface area (Å²) in [6.45, 7) is 2.70. The molecule has 3 aromatic rings. The van der Waals surface area contributed by atoms with Crippen LogP contribution in [0.2, 0.25) is 0 Å². The fourth-order valence-corrected chi connectivity index (χ4v) is 5.40. The van der Waals surface area contributed by atoms with Crippen molar-refractivity contribution in [3.8, 4) is 5.75 Å². The van der Waals surface area contributed by atoms with E-state index in [9.17, 15) is 14.4 Å². The van der Waals surface area contributed by atoms with Crippen molar-refractivity contribution in [1.29, 1.82) is 0 Å². The van der Waals surface area contributed by atoms with Crippen LogP contribution in [-0.2, 0) is 16.1 Å². The van der Waals surface area contributed by atoms with Gasteiger partial charge in [-0.05, 0) is 48.7 Å². The smallest absolute Gasteiger partial charge is 0.257 e. The van der Waals surface area contributed by atoms with E-state index in [1.165, 1.54) is 0 Å². The van der Waals surface area contributed by atoms with Gasteiger partial charge in [-0.15, -0.1) is 0 Å². The fraction of sp³-hybridized carbons (Fsp3) is 0.321. The molecule has 180 valence electrons. The Labute approximate surface area is 204 Å². The van der Waals surface area contributed by atoms with Crippen LogP contribution in [0.5, 0.6) is 5.75 Å². The molecule has 2 aliphatic heterocycles. The van der Waals surface area contributed by atoms with Crippen LogP contribution in [0, 0.1) is 0 Å². The van der Waals surface area contributed by atoms with Crippen LogP contribution in [0.25, 0.3) is 10.8 Å². The summed E-state index contributed by atoms with van der Waals surface area (Å²) in [6.07, 6.45) is 1.77. The van der Waals surface area contributed by atoms with Crippen LogP contribution in [-0.4, -0.2) is 41.9 Å². The largest absolute Gasteiger partial charge is 0.496 e. The van der Waals surface area contributed by atoms with Gasteiger partial charge in [0.2, 0.25) is 11.8 Å². The van der Waals surface area contributed by atoms with E-state index in [1.54, 1.807) is 23.0 Å².